The van der Waals surface area contributed by atoms with E-state index in [-0.39, 0.29) is 18.9 Å². The molecule has 46 valence electrons. The molecule has 0 heterocycles. The van der Waals surface area contributed by atoms with Crippen molar-refractivity contribution in [3.8, 4) is 0 Å². The molecule has 0 bridgehead atoms. The van der Waals surface area contributed by atoms with Gasteiger partial charge in [0.1, 0.15) is 0 Å². The van der Waals surface area contributed by atoms with Crippen LogP contribution in [0.2, 0.25) is 0 Å². The van der Waals surface area contributed by atoms with Gasteiger partial charge >= 0.3 is 18.9 Å². The molecule has 0 aliphatic heterocycles. The summed E-state index contributed by atoms with van der Waals surface area (Å²) in [7, 11) is 0. The maximum Gasteiger partial charge on any atom is 1.00 e. The molecule has 0 aromatic carbocycles. The van der Waals surface area contributed by atoms with E-state index in [1.54, 1.807) is 0 Å². The van der Waals surface area contributed by atoms with Crippen LogP contribution in [0.1, 0.15) is 27.6 Å². The zero-order chi connectivity index (χ0) is 6.85. The van der Waals surface area contributed by atoms with Crippen LogP contribution in [0.15, 0.2) is 11.6 Å². The Morgan fingerprint density at radius 2 is 2.56 bits per heavy atom. The molecule has 1 aliphatic rings. The topological polar surface area (TPSA) is 23.1 Å². The van der Waals surface area contributed by atoms with Crippen molar-refractivity contribution in [2.45, 2.75) is 32.3 Å². The molecule has 0 fully saturated rings. The minimum Gasteiger partial charge on any atom is -0.849 e. The molecule has 0 radical (unpaired) electrons. The first-order chi connectivity index (χ1) is 4.22. The van der Waals surface area contributed by atoms with Crippen molar-refractivity contribution in [3.63, 3.8) is 0 Å². The fourth-order valence-electron chi connectivity index (χ4n) is 0.972. The average Bonchev–Trinajstić information content (AvgIpc) is 1.83. The van der Waals surface area contributed by atoms with Crippen LogP contribution in [0.4, 0.5) is 0 Å². The van der Waals surface area contributed by atoms with Crippen LogP contribution in [-0.2, 0) is 0 Å². The van der Waals surface area contributed by atoms with E-state index >= 15 is 0 Å². The number of hydrogen-bond donors (Lipinski definition) is 0. The second-order valence-corrected chi connectivity index (χ2v) is 2.31. The first-order valence-electron chi connectivity index (χ1n) is 3.54. The summed E-state index contributed by atoms with van der Waals surface area (Å²) in [6.45, 7) is 1.88. The molecule has 0 aromatic heterocycles. The summed E-state index contributed by atoms with van der Waals surface area (Å²) in [5.74, 6) is 0. The summed E-state index contributed by atoms with van der Waals surface area (Å²) in [4.78, 5) is 0. The monoisotopic (exact) mass is 119 g/mol. The fraction of sp³-hybridized carbons (Fsp3) is 0.714. The predicted molar refractivity (Wildman–Crippen MR) is 31.4 cm³/mol. The van der Waals surface area contributed by atoms with Gasteiger partial charge in [-0.3, -0.25) is 0 Å². The maximum absolute atomic E-state index is 10.8. The van der Waals surface area contributed by atoms with Crippen molar-refractivity contribution >= 4 is 0 Å². The van der Waals surface area contributed by atoms with E-state index in [2.05, 4.69) is 0 Å². The number of rotatable bonds is 0. The molecule has 0 spiro atoms. The van der Waals surface area contributed by atoms with Gasteiger partial charge in [0.2, 0.25) is 0 Å². The van der Waals surface area contributed by atoms with Gasteiger partial charge in [0.15, 0.2) is 0 Å². The van der Waals surface area contributed by atoms with E-state index in [9.17, 15) is 5.11 Å². The van der Waals surface area contributed by atoms with Crippen molar-refractivity contribution in [1.29, 1.82) is 0 Å². The Kier molecular flexibility index (Phi) is 3.43. The molecule has 0 unspecified atom stereocenters. The summed E-state index contributed by atoms with van der Waals surface area (Å²) in [6.07, 6.45) is 1.87. The van der Waals surface area contributed by atoms with Crippen LogP contribution < -0.4 is 24.0 Å². The van der Waals surface area contributed by atoms with E-state index in [0.29, 0.717) is 12.5 Å². The molecule has 0 saturated carbocycles. The molecule has 0 amide bonds. The second-order valence-electron chi connectivity index (χ2n) is 2.31. The van der Waals surface area contributed by atoms with Gasteiger partial charge in [0, 0.05) is 0 Å². The Morgan fingerprint density at radius 3 is 3.00 bits per heavy atom. The van der Waals surface area contributed by atoms with Gasteiger partial charge in [-0.05, 0) is 13.3 Å². The zero-order valence-electron chi connectivity index (χ0n) is 7.11. The number of hydrogen-bond acceptors (Lipinski definition) is 1. The summed E-state index contributed by atoms with van der Waals surface area (Å²) >= 11 is 0. The van der Waals surface area contributed by atoms with Crippen LogP contribution in [0.5, 0.6) is 0 Å². The first-order valence-corrected chi connectivity index (χ1v) is 3.04. The van der Waals surface area contributed by atoms with E-state index in [0.717, 1.165) is 18.4 Å². The minimum atomic E-state index is -0.723. The third kappa shape index (κ3) is 3.10. The molecule has 0 aromatic rings. The van der Waals surface area contributed by atoms with Gasteiger partial charge in [-0.2, -0.15) is 0 Å². The van der Waals surface area contributed by atoms with E-state index in [1.165, 1.54) is 0 Å². The van der Waals surface area contributed by atoms with Gasteiger partial charge in [-0.1, -0.05) is 24.5 Å². The van der Waals surface area contributed by atoms with Gasteiger partial charge in [0.25, 0.3) is 0 Å². The van der Waals surface area contributed by atoms with Crippen LogP contribution in [0.25, 0.3) is 0 Å². The third-order valence-corrected chi connectivity index (χ3v) is 1.43. The summed E-state index contributed by atoms with van der Waals surface area (Å²) < 4.78 is 7.25. The molecule has 1 nitrogen and oxygen atoms in total. The Morgan fingerprint density at radius 1 is 1.89 bits per heavy atom. The van der Waals surface area contributed by atoms with Crippen molar-refractivity contribution in [2.75, 3.05) is 0 Å². The SMILES string of the molecule is [2H]C1=C(C)CCC[C@@H]1[O-].[Li+]. The summed E-state index contributed by atoms with van der Waals surface area (Å²) in [6, 6.07) is 0.334. The van der Waals surface area contributed by atoms with Crippen LogP contribution >= 0.6 is 0 Å². The molecule has 1 atom stereocenters. The van der Waals surface area contributed by atoms with E-state index in [4.69, 9.17) is 1.37 Å². The molecule has 2 heteroatoms. The Hall–Kier alpha value is 0.297. The predicted octanol–water partition coefficient (Wildman–Crippen LogP) is -2.15. The smallest absolute Gasteiger partial charge is 0.849 e. The van der Waals surface area contributed by atoms with Crippen LogP contribution in [-0.4, -0.2) is 6.10 Å². The van der Waals surface area contributed by atoms with Crippen molar-refractivity contribution < 1.29 is 25.3 Å². The van der Waals surface area contributed by atoms with Crippen molar-refractivity contribution in [2.24, 2.45) is 0 Å². The molecule has 0 saturated heterocycles. The minimum absolute atomic E-state index is 0. The Balaban J connectivity index is 0.000000810. The normalized spacial score (nSPS) is 29.1. The van der Waals surface area contributed by atoms with Crippen molar-refractivity contribution in [3.05, 3.63) is 11.6 Å². The van der Waals surface area contributed by atoms with Gasteiger partial charge in [-0.25, -0.2) is 0 Å². The summed E-state index contributed by atoms with van der Waals surface area (Å²) in [5, 5.41) is 10.8. The third-order valence-electron chi connectivity index (χ3n) is 1.43. The largest absolute Gasteiger partial charge is 1.00 e. The van der Waals surface area contributed by atoms with E-state index in [1.807, 2.05) is 6.92 Å². The maximum atomic E-state index is 10.8. The molecule has 1 aliphatic carbocycles. The number of allylic oxidation sites excluding steroid dienone is 1. The quantitative estimate of drug-likeness (QED) is 0.263. The molecular weight excluding hydrogens is 107 g/mol. The molecule has 9 heavy (non-hydrogen) atoms. The van der Waals surface area contributed by atoms with Crippen molar-refractivity contribution in [1.82, 2.24) is 0 Å². The average molecular weight is 119 g/mol. The van der Waals surface area contributed by atoms with Crippen LogP contribution in [0.3, 0.4) is 0 Å². The Bertz CT molecular complexity index is 145. The Labute approximate surface area is 69.7 Å². The summed E-state index contributed by atoms with van der Waals surface area (Å²) in [5.41, 5.74) is 0.987. The van der Waals surface area contributed by atoms with E-state index < -0.39 is 6.10 Å². The standard InChI is InChI=1S/C7H11O.Li/c1-6-3-2-4-7(8)5-6;/h5,7H,2-4H2,1H3;/q-1;+1/t7-;/m0./s1/i5D;. The molecule has 1 rings (SSSR count). The second kappa shape index (κ2) is 4.17. The molecular formula is C7H11LiO. The van der Waals surface area contributed by atoms with Gasteiger partial charge in [-0.15, -0.1) is 6.10 Å². The van der Waals surface area contributed by atoms with Gasteiger partial charge < -0.3 is 5.11 Å². The zero-order valence-corrected chi connectivity index (χ0v) is 6.11. The molecule has 0 N–H and O–H groups in total. The fourth-order valence-corrected chi connectivity index (χ4v) is 0.972. The first kappa shape index (κ1) is 7.40. The van der Waals surface area contributed by atoms with Crippen LogP contribution in [0, 0.1) is 0 Å². The van der Waals surface area contributed by atoms with Gasteiger partial charge in [0.05, 0.1) is 1.37 Å².